The third-order valence-electron chi connectivity index (χ3n) is 7.84. The van der Waals surface area contributed by atoms with E-state index < -0.39 is 0 Å². The molecule has 11 heteroatoms. The van der Waals surface area contributed by atoms with Gasteiger partial charge in [0.1, 0.15) is 5.82 Å². The summed E-state index contributed by atoms with van der Waals surface area (Å²) in [6, 6.07) is 16.7. The molecule has 6 rings (SSSR count). The number of likely N-dealkylation sites (N-methyl/N-ethyl adjacent to an activating group) is 1. The fourth-order valence-electron chi connectivity index (χ4n) is 5.69. The van der Waals surface area contributed by atoms with Crippen molar-refractivity contribution in [2.75, 3.05) is 74.6 Å². The number of nitrogens with one attached hydrogen (secondary N) is 1. The van der Waals surface area contributed by atoms with Gasteiger partial charge in [-0.1, -0.05) is 30.3 Å². The van der Waals surface area contributed by atoms with E-state index in [1.54, 1.807) is 0 Å². The number of aromatic nitrogens is 5. The van der Waals surface area contributed by atoms with Crippen molar-refractivity contribution in [1.29, 1.82) is 0 Å². The zero-order valence-electron chi connectivity index (χ0n) is 24.3. The molecule has 3 N–H and O–H groups in total. The molecule has 0 saturated carbocycles. The third-order valence-corrected chi connectivity index (χ3v) is 7.84. The third kappa shape index (κ3) is 5.97. The second-order valence-electron chi connectivity index (χ2n) is 11.5. The van der Waals surface area contributed by atoms with Crippen LogP contribution in [0, 0.1) is 0 Å². The number of rotatable bonds is 8. The normalized spacial score (nSPS) is 16.9. The molecule has 2 fully saturated rings. The van der Waals surface area contributed by atoms with Crippen LogP contribution >= 0.6 is 0 Å². The van der Waals surface area contributed by atoms with Crippen LogP contribution in [0.1, 0.15) is 25.2 Å². The number of hydrogen-bond acceptors (Lipinski definition) is 10. The second-order valence-corrected chi connectivity index (χ2v) is 11.5. The van der Waals surface area contributed by atoms with E-state index in [0.29, 0.717) is 36.9 Å². The van der Waals surface area contributed by atoms with Crippen LogP contribution in [0.15, 0.2) is 48.5 Å². The van der Waals surface area contributed by atoms with Crippen molar-refractivity contribution >= 4 is 28.6 Å². The Bertz CT molecular complexity index is 1490. The van der Waals surface area contributed by atoms with Gasteiger partial charge in [0.25, 0.3) is 0 Å². The topological polar surface area (TPSA) is 113 Å². The van der Waals surface area contributed by atoms with Gasteiger partial charge in [-0.3, -0.25) is 4.57 Å². The van der Waals surface area contributed by atoms with Gasteiger partial charge in [-0.15, -0.1) is 0 Å². The highest BCUT2D eigenvalue weighted by molar-refractivity contribution is 5.77. The molecule has 2 aliphatic rings. The molecule has 0 amide bonds. The van der Waals surface area contributed by atoms with Crippen molar-refractivity contribution < 1.29 is 4.74 Å². The average molecular weight is 557 g/mol. The van der Waals surface area contributed by atoms with Gasteiger partial charge in [-0.25, -0.2) is 4.98 Å². The summed E-state index contributed by atoms with van der Waals surface area (Å²) < 4.78 is 7.54. The highest BCUT2D eigenvalue weighted by Crippen LogP contribution is 2.28. The summed E-state index contributed by atoms with van der Waals surface area (Å²) >= 11 is 0. The first-order chi connectivity index (χ1) is 19.9. The van der Waals surface area contributed by atoms with Crippen molar-refractivity contribution in [3.05, 3.63) is 59.9 Å². The molecule has 2 aliphatic heterocycles. The van der Waals surface area contributed by atoms with Gasteiger partial charge in [0.05, 0.1) is 30.8 Å². The minimum absolute atomic E-state index is 0.268. The Hall–Kier alpha value is -3.80. The molecule has 0 aliphatic carbocycles. The first kappa shape index (κ1) is 27.4. The number of hydrogen-bond donors (Lipinski definition) is 2. The van der Waals surface area contributed by atoms with E-state index in [9.17, 15) is 0 Å². The smallest absolute Gasteiger partial charge is 0.242 e. The van der Waals surface area contributed by atoms with Gasteiger partial charge in [-0.2, -0.15) is 15.0 Å². The number of ether oxygens (including phenoxy) is 1. The van der Waals surface area contributed by atoms with E-state index in [2.05, 4.69) is 65.2 Å². The predicted octanol–water partition coefficient (Wildman–Crippen LogP) is 2.69. The fourth-order valence-corrected chi connectivity index (χ4v) is 5.69. The molecular weight excluding hydrogens is 516 g/mol. The molecule has 0 bridgehead atoms. The van der Waals surface area contributed by atoms with Crippen LogP contribution < -0.4 is 20.9 Å². The first-order valence-electron chi connectivity index (χ1n) is 14.5. The van der Waals surface area contributed by atoms with Crippen LogP contribution in [0.3, 0.4) is 0 Å². The van der Waals surface area contributed by atoms with Gasteiger partial charge in [-0.05, 0) is 51.1 Å². The number of nitrogens with two attached hydrogens (primary N) is 1. The summed E-state index contributed by atoms with van der Waals surface area (Å²) in [5, 5.41) is 3.66. The lowest BCUT2D eigenvalue weighted by Gasteiger charge is -2.36. The van der Waals surface area contributed by atoms with Crippen LogP contribution in [-0.2, 0) is 17.7 Å². The maximum absolute atomic E-state index is 6.14. The maximum Gasteiger partial charge on any atom is 0.242 e. The van der Waals surface area contributed by atoms with Crippen LogP contribution in [0.25, 0.3) is 17.0 Å². The quantitative estimate of drug-likeness (QED) is 0.336. The molecule has 2 saturated heterocycles. The van der Waals surface area contributed by atoms with Crippen LogP contribution in [0.2, 0.25) is 0 Å². The van der Waals surface area contributed by atoms with Gasteiger partial charge < -0.3 is 30.5 Å². The van der Waals surface area contributed by atoms with Crippen molar-refractivity contribution in [1.82, 2.24) is 29.4 Å². The van der Waals surface area contributed by atoms with E-state index in [4.69, 9.17) is 30.4 Å². The molecule has 216 valence electrons. The van der Waals surface area contributed by atoms with E-state index >= 15 is 0 Å². The minimum atomic E-state index is -0.336. The van der Waals surface area contributed by atoms with Gasteiger partial charge in [0.15, 0.2) is 0 Å². The zero-order chi connectivity index (χ0) is 28.4. The highest BCUT2D eigenvalue weighted by atomic mass is 16.5. The first-order valence-corrected chi connectivity index (χ1v) is 14.5. The van der Waals surface area contributed by atoms with Crippen molar-refractivity contribution in [3.63, 3.8) is 0 Å². The number of morpholine rings is 1. The monoisotopic (exact) mass is 556 g/mol. The lowest BCUT2D eigenvalue weighted by molar-refractivity contribution is 0.122. The minimum Gasteiger partial charge on any atom is -0.378 e. The van der Waals surface area contributed by atoms with Crippen molar-refractivity contribution in [2.45, 2.75) is 32.4 Å². The molecule has 41 heavy (non-hydrogen) atoms. The molecule has 11 nitrogen and oxygen atoms in total. The standard InChI is InChI=1S/C30H40N10O/c1-30(2,20-22-8-4-6-10-24(22)38-14-12-37(3)13-15-38)36-27-33-28(39-16-18-41-19-17-39)35-29(34-27)40-25-11-7-5-9-23(25)32-26(40)21-31/h4-11H,12-21,31H2,1-3H3,(H,33,34,35,36). The molecule has 2 aromatic carbocycles. The lowest BCUT2D eigenvalue weighted by Crippen LogP contribution is -2.45. The largest absolute Gasteiger partial charge is 0.378 e. The van der Waals surface area contributed by atoms with Gasteiger partial charge in [0, 0.05) is 50.5 Å². The summed E-state index contributed by atoms with van der Waals surface area (Å²) in [6.07, 6.45) is 0.811. The number of piperazine rings is 1. The predicted molar refractivity (Wildman–Crippen MR) is 163 cm³/mol. The SMILES string of the molecule is CN1CCN(c2ccccc2CC(C)(C)Nc2nc(N3CCOCC3)nc(-n3c(CN)nc4ccccc43)n2)CC1. The van der Waals surface area contributed by atoms with Gasteiger partial charge >= 0.3 is 0 Å². The highest BCUT2D eigenvalue weighted by Gasteiger charge is 2.26. The summed E-state index contributed by atoms with van der Waals surface area (Å²) in [6.45, 7) is 11.6. The molecule has 0 atom stereocenters. The van der Waals surface area contributed by atoms with E-state index in [1.807, 2.05) is 28.8 Å². The summed E-state index contributed by atoms with van der Waals surface area (Å²) in [4.78, 5) is 26.5. The Balaban J connectivity index is 1.34. The van der Waals surface area contributed by atoms with Crippen molar-refractivity contribution in [3.8, 4) is 5.95 Å². The lowest BCUT2D eigenvalue weighted by atomic mass is 9.93. The maximum atomic E-state index is 6.14. The number of imidazole rings is 1. The molecule has 2 aromatic heterocycles. The summed E-state index contributed by atoms with van der Waals surface area (Å²) in [7, 11) is 2.19. The zero-order valence-corrected chi connectivity index (χ0v) is 24.3. The molecular formula is C30H40N10O. The Labute approximate surface area is 241 Å². The Morgan fingerprint density at radius 1 is 0.829 bits per heavy atom. The van der Waals surface area contributed by atoms with Gasteiger partial charge in [0.2, 0.25) is 17.8 Å². The molecule has 0 unspecified atom stereocenters. The number of benzene rings is 2. The van der Waals surface area contributed by atoms with Crippen LogP contribution in [-0.4, -0.2) is 94.5 Å². The average Bonchev–Trinajstić information content (AvgIpc) is 3.37. The van der Waals surface area contributed by atoms with Crippen LogP contribution in [0.4, 0.5) is 17.6 Å². The summed E-state index contributed by atoms with van der Waals surface area (Å²) in [5.41, 5.74) is 10.2. The van der Waals surface area contributed by atoms with Crippen LogP contribution in [0.5, 0.6) is 0 Å². The molecule has 4 aromatic rings. The number of nitrogens with zero attached hydrogens (tertiary/aromatic N) is 8. The molecule has 0 radical (unpaired) electrons. The Morgan fingerprint density at radius 3 is 2.32 bits per heavy atom. The number of para-hydroxylation sites is 3. The van der Waals surface area contributed by atoms with E-state index in [-0.39, 0.29) is 12.1 Å². The van der Waals surface area contributed by atoms with E-state index in [0.717, 1.165) is 56.7 Å². The van der Waals surface area contributed by atoms with E-state index in [1.165, 1.54) is 11.3 Å². The molecule has 4 heterocycles. The fraction of sp³-hybridized carbons (Fsp3) is 0.467. The van der Waals surface area contributed by atoms with Crippen molar-refractivity contribution in [2.24, 2.45) is 5.73 Å². The molecule has 0 spiro atoms. The Kier molecular flexibility index (Phi) is 7.74. The summed E-state index contributed by atoms with van der Waals surface area (Å²) in [5.74, 6) is 2.36. The number of fused-ring (bicyclic) bond motifs is 1. The second kappa shape index (κ2) is 11.6. The Morgan fingerprint density at radius 2 is 1.54 bits per heavy atom. The number of anilines is 3.